The van der Waals surface area contributed by atoms with E-state index in [1.807, 2.05) is 9.80 Å². The first-order valence-corrected chi connectivity index (χ1v) is 15.8. The zero-order valence-corrected chi connectivity index (χ0v) is 26.5. The van der Waals surface area contributed by atoms with Crippen molar-refractivity contribution in [3.8, 4) is 0 Å². The van der Waals surface area contributed by atoms with Crippen LogP contribution in [0.5, 0.6) is 0 Å². The van der Waals surface area contributed by atoms with Crippen molar-refractivity contribution >= 4 is 28.7 Å². The maximum absolute atomic E-state index is 13.3. The van der Waals surface area contributed by atoms with E-state index < -0.39 is 28.4 Å². The minimum absolute atomic E-state index is 0.169. The molecule has 6 rings (SSSR count). The van der Waals surface area contributed by atoms with Gasteiger partial charge in [0.2, 0.25) is 0 Å². The van der Waals surface area contributed by atoms with Gasteiger partial charge in [-0.2, -0.15) is 26.3 Å². The van der Waals surface area contributed by atoms with Gasteiger partial charge in [-0.05, 0) is 42.5 Å². The van der Waals surface area contributed by atoms with Crippen molar-refractivity contribution in [2.24, 2.45) is 0 Å². The summed E-state index contributed by atoms with van der Waals surface area (Å²) in [5, 5.41) is 14.5. The second kappa shape index (κ2) is 15.3. The van der Waals surface area contributed by atoms with Crippen LogP contribution in [-0.2, 0) is 17.1 Å². The van der Waals surface area contributed by atoms with Gasteiger partial charge in [0.15, 0.2) is 0 Å². The van der Waals surface area contributed by atoms with Gasteiger partial charge in [0.25, 0.3) is 11.6 Å². The molecule has 49 heavy (non-hydrogen) atoms. The van der Waals surface area contributed by atoms with Crippen LogP contribution in [0.25, 0.3) is 0 Å². The van der Waals surface area contributed by atoms with E-state index in [1.54, 1.807) is 28.0 Å². The van der Waals surface area contributed by atoms with E-state index in [2.05, 4.69) is 5.32 Å². The van der Waals surface area contributed by atoms with Crippen molar-refractivity contribution in [2.75, 3.05) is 93.4 Å². The molecule has 3 heterocycles. The summed E-state index contributed by atoms with van der Waals surface area (Å²) in [7, 11) is 0. The van der Waals surface area contributed by atoms with Crippen LogP contribution >= 0.6 is 0 Å². The molecule has 16 heteroatoms. The molecular weight excluding hydrogens is 658 g/mol. The molecule has 10 nitrogen and oxygen atoms in total. The van der Waals surface area contributed by atoms with Crippen LogP contribution in [0.15, 0.2) is 66.7 Å². The molecule has 0 unspecified atom stereocenters. The Bertz CT molecular complexity index is 1600. The van der Waals surface area contributed by atoms with E-state index >= 15 is 0 Å². The highest BCUT2D eigenvalue weighted by atomic mass is 19.4. The summed E-state index contributed by atoms with van der Waals surface area (Å²) < 4.78 is 82.0. The number of ether oxygens (including phenoxy) is 1. The molecular formula is C33H36F6N6O4. The average molecular weight is 695 g/mol. The summed E-state index contributed by atoms with van der Waals surface area (Å²) in [5.41, 5.74) is 0.497. The minimum Gasteiger partial charge on any atom is -0.378 e. The second-order valence-corrected chi connectivity index (χ2v) is 11.7. The molecule has 3 aromatic rings. The first-order chi connectivity index (χ1) is 23.3. The molecule has 0 bridgehead atoms. The van der Waals surface area contributed by atoms with Crippen LogP contribution in [0.4, 0.5) is 49.1 Å². The Hall–Kier alpha value is -4.57. The zero-order valence-electron chi connectivity index (χ0n) is 26.5. The van der Waals surface area contributed by atoms with Gasteiger partial charge in [-0.15, -0.1) is 0 Å². The number of carbonyl (C=O) groups excluding carboxylic acids is 1. The summed E-state index contributed by atoms with van der Waals surface area (Å²) in [6.07, 6.45) is -8.68. The number of hydrogen-bond donors (Lipinski definition) is 1. The summed E-state index contributed by atoms with van der Waals surface area (Å²) in [5.74, 6) is -0.330. The lowest BCUT2D eigenvalue weighted by atomic mass is 10.1. The third kappa shape index (κ3) is 9.12. The standard InChI is InChI=1S/C22H23F3N4O4.C11H13F3N2/c23-22(24,25)16-2-1-3-17(14-16)26-6-8-28(9-7-26)21(30)19-15-18(29(31)32)4-5-20(19)27-10-12-33-13-11-27;12-11(13,14)9-2-1-3-10(8-9)16-6-4-15-5-7-16/h1-5,14-15H,6-13H2;1-3,8,15H,4-7H2. The van der Waals surface area contributed by atoms with E-state index in [-0.39, 0.29) is 17.2 Å². The van der Waals surface area contributed by atoms with E-state index in [4.69, 9.17) is 4.74 Å². The van der Waals surface area contributed by atoms with Crippen molar-refractivity contribution in [1.29, 1.82) is 0 Å². The van der Waals surface area contributed by atoms with Crippen molar-refractivity contribution in [2.45, 2.75) is 12.4 Å². The monoisotopic (exact) mass is 694 g/mol. The maximum Gasteiger partial charge on any atom is 0.416 e. The topological polar surface area (TPSA) is 94.4 Å². The van der Waals surface area contributed by atoms with E-state index in [0.717, 1.165) is 44.4 Å². The number of amides is 1. The van der Waals surface area contributed by atoms with Crippen LogP contribution < -0.4 is 20.0 Å². The highest BCUT2D eigenvalue weighted by molar-refractivity contribution is 6.00. The molecule has 3 aliphatic heterocycles. The van der Waals surface area contributed by atoms with Crippen LogP contribution in [0.1, 0.15) is 21.5 Å². The normalized spacial score (nSPS) is 17.3. The first kappa shape index (κ1) is 35.7. The number of hydrogen-bond acceptors (Lipinski definition) is 8. The fraction of sp³-hybridized carbons (Fsp3) is 0.424. The number of benzene rings is 3. The predicted molar refractivity (Wildman–Crippen MR) is 172 cm³/mol. The number of morpholine rings is 1. The van der Waals surface area contributed by atoms with E-state index in [9.17, 15) is 41.3 Å². The van der Waals surface area contributed by atoms with Crippen molar-refractivity contribution < 1.29 is 40.8 Å². The van der Waals surface area contributed by atoms with Gasteiger partial charge in [-0.3, -0.25) is 14.9 Å². The quantitative estimate of drug-likeness (QED) is 0.212. The SMILES string of the molecule is FC(F)(F)c1cccc(N2CCNCC2)c1.O=C(c1cc([N+](=O)[O-])ccc1N1CCOCC1)N1CCN(c2cccc(C(F)(F)F)c2)CC1. The summed E-state index contributed by atoms with van der Waals surface area (Å²) >= 11 is 0. The Morgan fingerprint density at radius 1 is 0.694 bits per heavy atom. The summed E-state index contributed by atoms with van der Waals surface area (Å²) in [6.45, 7) is 6.57. The molecule has 0 aromatic heterocycles. The number of halogens is 6. The Morgan fingerprint density at radius 3 is 1.73 bits per heavy atom. The lowest BCUT2D eigenvalue weighted by molar-refractivity contribution is -0.384. The van der Waals surface area contributed by atoms with Gasteiger partial charge >= 0.3 is 12.4 Å². The Labute approximate surface area is 279 Å². The highest BCUT2D eigenvalue weighted by Gasteiger charge is 2.33. The number of nitrogens with zero attached hydrogens (tertiary/aromatic N) is 5. The highest BCUT2D eigenvalue weighted by Crippen LogP contribution is 2.33. The zero-order chi connectivity index (χ0) is 35.2. The van der Waals surface area contributed by atoms with Gasteiger partial charge in [0.1, 0.15) is 0 Å². The largest absolute Gasteiger partial charge is 0.416 e. The van der Waals surface area contributed by atoms with Gasteiger partial charge in [0.05, 0.1) is 40.5 Å². The number of nitro benzene ring substituents is 1. The van der Waals surface area contributed by atoms with E-state index in [0.29, 0.717) is 69.5 Å². The molecule has 3 aliphatic rings. The average Bonchev–Trinajstić information content (AvgIpc) is 3.11. The third-order valence-electron chi connectivity index (χ3n) is 8.53. The predicted octanol–water partition coefficient (Wildman–Crippen LogP) is 5.53. The Balaban J connectivity index is 0.000000244. The van der Waals surface area contributed by atoms with Gasteiger partial charge < -0.3 is 29.7 Å². The lowest BCUT2D eigenvalue weighted by Gasteiger charge is -2.37. The molecule has 3 saturated heterocycles. The number of piperazine rings is 2. The van der Waals surface area contributed by atoms with Gasteiger partial charge in [-0.25, -0.2) is 0 Å². The number of nitrogens with one attached hydrogen (secondary N) is 1. The third-order valence-corrected chi connectivity index (χ3v) is 8.53. The number of rotatable bonds is 5. The van der Waals surface area contributed by atoms with Crippen molar-refractivity contribution in [3.63, 3.8) is 0 Å². The molecule has 3 fully saturated rings. The lowest BCUT2D eigenvalue weighted by Crippen LogP contribution is -2.49. The minimum atomic E-state index is -4.42. The van der Waals surface area contributed by atoms with Crippen LogP contribution in [0.3, 0.4) is 0 Å². The maximum atomic E-state index is 13.3. The van der Waals surface area contributed by atoms with Crippen molar-refractivity contribution in [1.82, 2.24) is 10.2 Å². The summed E-state index contributed by atoms with van der Waals surface area (Å²) in [6, 6.07) is 14.9. The first-order valence-electron chi connectivity index (χ1n) is 15.8. The van der Waals surface area contributed by atoms with Crippen LogP contribution in [-0.4, -0.2) is 94.4 Å². The molecule has 1 amide bonds. The fourth-order valence-electron chi connectivity index (χ4n) is 5.91. The number of carbonyl (C=O) groups is 1. The Kier molecular flexibility index (Phi) is 11.2. The van der Waals surface area contributed by atoms with E-state index in [1.165, 1.54) is 30.3 Å². The van der Waals surface area contributed by atoms with Crippen LogP contribution in [0, 0.1) is 10.1 Å². The molecule has 0 atom stereocenters. The molecule has 3 aromatic carbocycles. The smallest absolute Gasteiger partial charge is 0.378 e. The van der Waals surface area contributed by atoms with Gasteiger partial charge in [-0.1, -0.05) is 12.1 Å². The van der Waals surface area contributed by atoms with Gasteiger partial charge in [0, 0.05) is 89.0 Å². The molecule has 264 valence electrons. The number of non-ortho nitro benzene ring substituents is 1. The summed E-state index contributed by atoms with van der Waals surface area (Å²) in [4.78, 5) is 31.4. The van der Waals surface area contributed by atoms with Crippen molar-refractivity contribution in [3.05, 3.63) is 93.5 Å². The van der Waals surface area contributed by atoms with Crippen LogP contribution in [0.2, 0.25) is 0 Å². The fourth-order valence-corrected chi connectivity index (χ4v) is 5.91. The molecule has 1 N–H and O–H groups in total. The number of anilines is 3. The molecule has 0 radical (unpaired) electrons. The molecule has 0 spiro atoms. The number of nitro groups is 1. The number of alkyl halides is 6. The Morgan fingerprint density at radius 2 is 1.22 bits per heavy atom. The molecule has 0 saturated carbocycles. The molecule has 0 aliphatic carbocycles. The second-order valence-electron chi connectivity index (χ2n) is 11.7.